The third kappa shape index (κ3) is 2.95. The monoisotopic (exact) mass is 286 g/mol. The molecular weight excluding hydrogens is 271 g/mol. The van der Waals surface area contributed by atoms with Crippen molar-refractivity contribution in [2.24, 2.45) is 0 Å². The van der Waals surface area contributed by atoms with E-state index in [9.17, 15) is 4.39 Å². The Morgan fingerprint density at radius 2 is 2.31 bits per heavy atom. The van der Waals surface area contributed by atoms with Crippen LogP contribution in [-0.4, -0.2) is 31.1 Å². The molecule has 1 unspecified atom stereocenters. The van der Waals surface area contributed by atoms with E-state index in [1.807, 2.05) is 6.07 Å². The second-order valence-electron chi connectivity index (χ2n) is 4.37. The predicted octanol–water partition coefficient (Wildman–Crippen LogP) is 3.09. The molecule has 1 heterocycles. The maximum atomic E-state index is 13.3. The molecule has 1 N–H and O–H groups in total. The van der Waals surface area contributed by atoms with Crippen molar-refractivity contribution < 1.29 is 4.39 Å². The standard InChI is InChI=1S/C12H16BrFN2/c1-16-6-2-3-10(8-16)15-9-4-5-11(13)12(14)7-9/h4-5,7,10,15H,2-3,6,8H2,1H3. The summed E-state index contributed by atoms with van der Waals surface area (Å²) in [4.78, 5) is 2.30. The lowest BCUT2D eigenvalue weighted by Gasteiger charge is -2.30. The normalized spacial score (nSPS) is 22.1. The minimum atomic E-state index is -0.214. The Hall–Kier alpha value is -0.610. The lowest BCUT2D eigenvalue weighted by atomic mass is 10.1. The molecule has 4 heteroatoms. The van der Waals surface area contributed by atoms with Crippen LogP contribution in [0.3, 0.4) is 0 Å². The zero-order valence-electron chi connectivity index (χ0n) is 9.34. The molecule has 16 heavy (non-hydrogen) atoms. The number of nitrogens with zero attached hydrogens (tertiary/aromatic N) is 1. The molecule has 88 valence electrons. The van der Waals surface area contributed by atoms with Gasteiger partial charge >= 0.3 is 0 Å². The fourth-order valence-electron chi connectivity index (χ4n) is 2.11. The lowest BCUT2D eigenvalue weighted by Crippen LogP contribution is -2.39. The van der Waals surface area contributed by atoms with Gasteiger partial charge in [0, 0.05) is 18.3 Å². The molecule has 1 aliphatic rings. The maximum absolute atomic E-state index is 13.3. The van der Waals surface area contributed by atoms with Gasteiger partial charge in [-0.05, 0) is 60.6 Å². The van der Waals surface area contributed by atoms with Crippen molar-refractivity contribution in [3.8, 4) is 0 Å². The quantitative estimate of drug-likeness (QED) is 0.899. The molecule has 0 aromatic heterocycles. The Bertz CT molecular complexity index is 370. The summed E-state index contributed by atoms with van der Waals surface area (Å²) in [7, 11) is 2.12. The van der Waals surface area contributed by atoms with Crippen molar-refractivity contribution in [1.82, 2.24) is 4.90 Å². The lowest BCUT2D eigenvalue weighted by molar-refractivity contribution is 0.261. The molecule has 1 aromatic rings. The molecule has 0 radical (unpaired) electrons. The first-order valence-corrected chi connectivity index (χ1v) is 6.34. The number of rotatable bonds is 2. The van der Waals surface area contributed by atoms with Gasteiger partial charge in [0.25, 0.3) is 0 Å². The molecule has 1 saturated heterocycles. The summed E-state index contributed by atoms with van der Waals surface area (Å²) in [6.07, 6.45) is 2.36. The van der Waals surface area contributed by atoms with E-state index in [1.165, 1.54) is 6.42 Å². The van der Waals surface area contributed by atoms with Crippen LogP contribution in [0.5, 0.6) is 0 Å². The molecule has 2 rings (SSSR count). The third-order valence-corrected chi connectivity index (χ3v) is 3.56. The van der Waals surface area contributed by atoms with Crippen LogP contribution in [0.1, 0.15) is 12.8 Å². The topological polar surface area (TPSA) is 15.3 Å². The Balaban J connectivity index is 2.00. The van der Waals surface area contributed by atoms with Gasteiger partial charge in [-0.3, -0.25) is 0 Å². The molecular formula is C12H16BrFN2. The van der Waals surface area contributed by atoms with Crippen molar-refractivity contribution in [2.75, 3.05) is 25.5 Å². The zero-order chi connectivity index (χ0) is 11.5. The average Bonchev–Trinajstić information content (AvgIpc) is 2.24. The number of likely N-dealkylation sites (tertiary alicyclic amines) is 1. The van der Waals surface area contributed by atoms with Crippen LogP contribution >= 0.6 is 15.9 Å². The minimum Gasteiger partial charge on any atom is -0.381 e. The van der Waals surface area contributed by atoms with Crippen molar-refractivity contribution in [1.29, 1.82) is 0 Å². The number of benzene rings is 1. The van der Waals surface area contributed by atoms with Gasteiger partial charge in [-0.2, -0.15) is 0 Å². The first kappa shape index (κ1) is 11.9. The molecule has 0 amide bonds. The van der Waals surface area contributed by atoms with Gasteiger partial charge in [0.1, 0.15) is 5.82 Å². The summed E-state index contributed by atoms with van der Waals surface area (Å²) < 4.78 is 13.8. The summed E-state index contributed by atoms with van der Waals surface area (Å²) in [6, 6.07) is 5.62. The minimum absolute atomic E-state index is 0.214. The predicted molar refractivity (Wildman–Crippen MR) is 68.2 cm³/mol. The SMILES string of the molecule is CN1CCCC(Nc2ccc(Br)c(F)c2)C1. The molecule has 0 spiro atoms. The van der Waals surface area contributed by atoms with E-state index >= 15 is 0 Å². The van der Waals surface area contributed by atoms with E-state index in [1.54, 1.807) is 12.1 Å². The van der Waals surface area contributed by atoms with Crippen molar-refractivity contribution >= 4 is 21.6 Å². The number of hydrogen-bond donors (Lipinski definition) is 1. The number of piperidine rings is 1. The van der Waals surface area contributed by atoms with Crippen molar-refractivity contribution in [2.45, 2.75) is 18.9 Å². The summed E-state index contributed by atoms with van der Waals surface area (Å²) in [5.74, 6) is -0.214. The highest BCUT2D eigenvalue weighted by Crippen LogP contribution is 2.21. The van der Waals surface area contributed by atoms with Crippen LogP contribution in [0, 0.1) is 5.82 Å². The van der Waals surface area contributed by atoms with E-state index in [0.29, 0.717) is 10.5 Å². The van der Waals surface area contributed by atoms with Gasteiger partial charge in [0.05, 0.1) is 4.47 Å². The van der Waals surface area contributed by atoms with Crippen LogP contribution in [0.15, 0.2) is 22.7 Å². The molecule has 1 aliphatic heterocycles. The van der Waals surface area contributed by atoms with Gasteiger partial charge in [0.15, 0.2) is 0 Å². The number of hydrogen-bond acceptors (Lipinski definition) is 2. The van der Waals surface area contributed by atoms with Crippen molar-refractivity contribution in [3.63, 3.8) is 0 Å². The molecule has 0 bridgehead atoms. The van der Waals surface area contributed by atoms with Crippen molar-refractivity contribution in [3.05, 3.63) is 28.5 Å². The Labute approximate surface area is 104 Å². The number of anilines is 1. The van der Waals surface area contributed by atoms with Crippen LogP contribution in [0.2, 0.25) is 0 Å². The van der Waals surface area contributed by atoms with E-state index in [4.69, 9.17) is 0 Å². The van der Waals surface area contributed by atoms with Crippen LogP contribution < -0.4 is 5.32 Å². The fraction of sp³-hybridized carbons (Fsp3) is 0.500. The van der Waals surface area contributed by atoms with Gasteiger partial charge < -0.3 is 10.2 Å². The third-order valence-electron chi connectivity index (χ3n) is 2.91. The number of nitrogens with one attached hydrogen (secondary N) is 1. The highest BCUT2D eigenvalue weighted by molar-refractivity contribution is 9.10. The maximum Gasteiger partial charge on any atom is 0.139 e. The first-order valence-electron chi connectivity index (χ1n) is 5.55. The van der Waals surface area contributed by atoms with Crippen LogP contribution in [-0.2, 0) is 0 Å². The Morgan fingerprint density at radius 1 is 1.50 bits per heavy atom. The van der Waals surface area contributed by atoms with Crippen LogP contribution in [0.4, 0.5) is 10.1 Å². The van der Waals surface area contributed by atoms with Crippen LogP contribution in [0.25, 0.3) is 0 Å². The van der Waals surface area contributed by atoms with E-state index < -0.39 is 0 Å². The second kappa shape index (κ2) is 5.15. The molecule has 1 aromatic carbocycles. The van der Waals surface area contributed by atoms with E-state index in [-0.39, 0.29) is 5.82 Å². The van der Waals surface area contributed by atoms with E-state index in [2.05, 4.69) is 33.2 Å². The highest BCUT2D eigenvalue weighted by Gasteiger charge is 2.16. The summed E-state index contributed by atoms with van der Waals surface area (Å²) in [6.45, 7) is 2.19. The van der Waals surface area contributed by atoms with Gasteiger partial charge in [-0.15, -0.1) is 0 Å². The number of halogens is 2. The smallest absolute Gasteiger partial charge is 0.139 e. The molecule has 1 atom stereocenters. The summed E-state index contributed by atoms with van der Waals surface area (Å²) in [5.41, 5.74) is 0.862. The van der Waals surface area contributed by atoms with E-state index in [0.717, 1.165) is 25.2 Å². The average molecular weight is 287 g/mol. The summed E-state index contributed by atoms with van der Waals surface area (Å²) in [5, 5.41) is 3.38. The largest absolute Gasteiger partial charge is 0.381 e. The van der Waals surface area contributed by atoms with Gasteiger partial charge in [-0.1, -0.05) is 0 Å². The number of likely N-dealkylation sites (N-methyl/N-ethyl adjacent to an activating group) is 1. The molecule has 2 nitrogen and oxygen atoms in total. The molecule has 1 fully saturated rings. The second-order valence-corrected chi connectivity index (χ2v) is 5.23. The Morgan fingerprint density at radius 3 is 3.00 bits per heavy atom. The van der Waals surface area contributed by atoms with Gasteiger partial charge in [0.2, 0.25) is 0 Å². The summed E-state index contributed by atoms with van der Waals surface area (Å²) >= 11 is 3.15. The first-order chi connectivity index (χ1) is 7.65. The van der Waals surface area contributed by atoms with Gasteiger partial charge in [-0.25, -0.2) is 4.39 Å². The highest BCUT2D eigenvalue weighted by atomic mass is 79.9. The molecule has 0 saturated carbocycles. The Kier molecular flexibility index (Phi) is 3.82. The fourth-order valence-corrected chi connectivity index (χ4v) is 2.35. The zero-order valence-corrected chi connectivity index (χ0v) is 10.9. The molecule has 0 aliphatic carbocycles.